The third kappa shape index (κ3) is 7.35. The number of thiazole rings is 1. The summed E-state index contributed by atoms with van der Waals surface area (Å²) in [5.41, 5.74) is 1.59. The van der Waals surface area contributed by atoms with Crippen LogP contribution < -0.4 is 15.4 Å². The molecule has 6 nitrogen and oxygen atoms in total. The van der Waals surface area contributed by atoms with Crippen molar-refractivity contribution in [2.45, 2.75) is 83.9 Å². The molecule has 1 aliphatic carbocycles. The van der Waals surface area contributed by atoms with Gasteiger partial charge in [0.25, 0.3) is 5.91 Å². The molecule has 1 aromatic heterocycles. The van der Waals surface area contributed by atoms with Crippen molar-refractivity contribution in [3.05, 3.63) is 45.9 Å². The average Bonchev–Trinajstić information content (AvgIpc) is 3.24. The van der Waals surface area contributed by atoms with Crippen molar-refractivity contribution in [1.29, 1.82) is 0 Å². The number of aryl methyl sites for hydroxylation is 1. The molecule has 3 rings (SSSR count). The maximum atomic E-state index is 12.8. The lowest BCUT2D eigenvalue weighted by Gasteiger charge is -2.32. The molecule has 1 heterocycles. The van der Waals surface area contributed by atoms with Crippen molar-refractivity contribution in [2.24, 2.45) is 0 Å². The molecule has 31 heavy (non-hydrogen) atoms. The molecule has 1 aromatic carbocycles. The molecule has 2 amide bonds. The Hall–Kier alpha value is -2.41. The van der Waals surface area contributed by atoms with E-state index < -0.39 is 0 Å². The number of benzene rings is 1. The molecule has 1 saturated carbocycles. The van der Waals surface area contributed by atoms with Crippen LogP contribution in [0.3, 0.4) is 0 Å². The van der Waals surface area contributed by atoms with Crippen molar-refractivity contribution >= 4 is 23.2 Å². The second-order valence-corrected chi connectivity index (χ2v) is 9.17. The molecule has 2 atom stereocenters. The van der Waals surface area contributed by atoms with Crippen molar-refractivity contribution < 1.29 is 14.3 Å². The van der Waals surface area contributed by atoms with Crippen molar-refractivity contribution in [1.82, 2.24) is 15.6 Å². The Morgan fingerprint density at radius 1 is 1.10 bits per heavy atom. The number of hydrogen-bond donors (Lipinski definition) is 2. The van der Waals surface area contributed by atoms with Crippen LogP contribution in [0, 0.1) is 6.92 Å². The van der Waals surface area contributed by atoms with Crippen LogP contribution in [0.5, 0.6) is 5.75 Å². The van der Waals surface area contributed by atoms with Gasteiger partial charge in [0.2, 0.25) is 5.91 Å². The van der Waals surface area contributed by atoms with Crippen molar-refractivity contribution in [2.75, 3.05) is 0 Å². The summed E-state index contributed by atoms with van der Waals surface area (Å²) in [5, 5.41) is 8.77. The minimum Gasteiger partial charge on any atom is -0.486 e. The van der Waals surface area contributed by atoms with E-state index in [1.54, 1.807) is 5.38 Å². The van der Waals surface area contributed by atoms with E-state index in [1.165, 1.54) is 16.9 Å². The SMILES string of the molecule is CCCCCC(=O)N[C@@H]1CCCC[C@H]1NC(=O)c1csc(COc2ccc(C)cc2)n1. The first-order chi connectivity index (χ1) is 15.0. The van der Waals surface area contributed by atoms with Crippen LogP contribution in [0.25, 0.3) is 0 Å². The molecule has 1 fully saturated rings. The van der Waals surface area contributed by atoms with Crippen LogP contribution in [0.1, 0.15) is 79.3 Å². The number of nitrogens with one attached hydrogen (secondary N) is 2. The first kappa shape index (κ1) is 23.3. The second-order valence-electron chi connectivity index (χ2n) is 8.22. The number of aromatic nitrogens is 1. The van der Waals surface area contributed by atoms with Gasteiger partial charge in [0.05, 0.1) is 0 Å². The van der Waals surface area contributed by atoms with Crippen LogP contribution >= 0.6 is 11.3 Å². The van der Waals surface area contributed by atoms with E-state index in [4.69, 9.17) is 4.74 Å². The Balaban J connectivity index is 1.50. The zero-order valence-electron chi connectivity index (χ0n) is 18.5. The second kappa shape index (κ2) is 11.8. The van der Waals surface area contributed by atoms with Gasteiger partial charge in [-0.2, -0.15) is 0 Å². The molecule has 0 spiro atoms. The number of amides is 2. The number of carbonyl (C=O) groups excluding carboxylic acids is 2. The van der Waals surface area contributed by atoms with Crippen LogP contribution in [-0.2, 0) is 11.4 Å². The number of ether oxygens (including phenoxy) is 1. The molecule has 0 radical (unpaired) electrons. The van der Waals surface area contributed by atoms with Gasteiger partial charge in [-0.3, -0.25) is 9.59 Å². The standard InChI is InChI=1S/C24H33N3O3S/c1-3-4-5-10-22(28)25-19-8-6-7-9-20(19)27-24(29)21-16-31-23(26-21)15-30-18-13-11-17(2)12-14-18/h11-14,16,19-20H,3-10,15H2,1-2H3,(H,25,28)(H,27,29)/t19-,20-/m1/s1. The van der Waals surface area contributed by atoms with Crippen molar-refractivity contribution in [3.8, 4) is 5.75 Å². The van der Waals surface area contributed by atoms with Gasteiger partial charge in [-0.05, 0) is 38.3 Å². The third-order valence-electron chi connectivity index (χ3n) is 5.60. The molecule has 0 bridgehead atoms. The van der Waals surface area contributed by atoms with Gasteiger partial charge in [-0.1, -0.05) is 50.3 Å². The fourth-order valence-corrected chi connectivity index (χ4v) is 4.48. The zero-order valence-corrected chi connectivity index (χ0v) is 19.3. The number of unbranched alkanes of at least 4 members (excludes halogenated alkanes) is 2. The van der Waals surface area contributed by atoms with E-state index in [0.717, 1.165) is 55.7 Å². The highest BCUT2D eigenvalue weighted by molar-refractivity contribution is 7.09. The van der Waals surface area contributed by atoms with Gasteiger partial charge in [-0.15, -0.1) is 11.3 Å². The molecule has 7 heteroatoms. The summed E-state index contributed by atoms with van der Waals surface area (Å²) in [4.78, 5) is 29.4. The molecular formula is C24H33N3O3S. The molecule has 0 aliphatic heterocycles. The summed E-state index contributed by atoms with van der Waals surface area (Å²) in [7, 11) is 0. The van der Waals surface area contributed by atoms with Gasteiger partial charge in [0.15, 0.2) is 0 Å². The number of nitrogens with zero attached hydrogens (tertiary/aromatic N) is 1. The number of hydrogen-bond acceptors (Lipinski definition) is 5. The Morgan fingerprint density at radius 2 is 1.81 bits per heavy atom. The maximum Gasteiger partial charge on any atom is 0.271 e. The summed E-state index contributed by atoms with van der Waals surface area (Å²) in [6, 6.07) is 7.80. The molecule has 0 saturated heterocycles. The first-order valence-electron chi connectivity index (χ1n) is 11.3. The third-order valence-corrected chi connectivity index (χ3v) is 6.43. The summed E-state index contributed by atoms with van der Waals surface area (Å²) in [6.07, 6.45) is 7.54. The summed E-state index contributed by atoms with van der Waals surface area (Å²) in [6.45, 7) is 4.49. The fraction of sp³-hybridized carbons (Fsp3) is 0.542. The van der Waals surface area contributed by atoms with E-state index in [0.29, 0.717) is 18.7 Å². The van der Waals surface area contributed by atoms with Gasteiger partial charge in [-0.25, -0.2) is 4.98 Å². The number of rotatable bonds is 10. The van der Waals surface area contributed by atoms with E-state index in [-0.39, 0.29) is 23.9 Å². The monoisotopic (exact) mass is 443 g/mol. The van der Waals surface area contributed by atoms with E-state index in [2.05, 4.69) is 22.5 Å². The molecule has 2 aromatic rings. The summed E-state index contributed by atoms with van der Waals surface area (Å²) in [5.74, 6) is 0.685. The lowest BCUT2D eigenvalue weighted by molar-refractivity contribution is -0.122. The molecule has 0 unspecified atom stereocenters. The van der Waals surface area contributed by atoms with Crippen LogP contribution in [0.15, 0.2) is 29.6 Å². The molecule has 1 aliphatic rings. The normalized spacial score (nSPS) is 18.4. The lowest BCUT2D eigenvalue weighted by Crippen LogP contribution is -2.53. The average molecular weight is 444 g/mol. The molecule has 2 N–H and O–H groups in total. The summed E-state index contributed by atoms with van der Waals surface area (Å²) >= 11 is 1.42. The van der Waals surface area contributed by atoms with E-state index in [9.17, 15) is 9.59 Å². The summed E-state index contributed by atoms with van der Waals surface area (Å²) < 4.78 is 5.76. The highest BCUT2D eigenvalue weighted by Crippen LogP contribution is 2.20. The fourth-order valence-electron chi connectivity index (χ4n) is 3.79. The largest absolute Gasteiger partial charge is 0.486 e. The van der Waals surface area contributed by atoms with Crippen LogP contribution in [0.4, 0.5) is 0 Å². The van der Waals surface area contributed by atoms with Crippen LogP contribution in [0.2, 0.25) is 0 Å². The zero-order chi connectivity index (χ0) is 22.1. The molecule has 168 valence electrons. The van der Waals surface area contributed by atoms with Gasteiger partial charge < -0.3 is 15.4 Å². The highest BCUT2D eigenvalue weighted by Gasteiger charge is 2.28. The van der Waals surface area contributed by atoms with Gasteiger partial charge >= 0.3 is 0 Å². The van der Waals surface area contributed by atoms with E-state index >= 15 is 0 Å². The Labute approximate surface area is 188 Å². The van der Waals surface area contributed by atoms with Crippen molar-refractivity contribution in [3.63, 3.8) is 0 Å². The lowest BCUT2D eigenvalue weighted by atomic mass is 9.90. The molecular weight excluding hydrogens is 410 g/mol. The minimum absolute atomic E-state index is 0.00481. The number of carbonyl (C=O) groups is 2. The van der Waals surface area contributed by atoms with E-state index in [1.807, 2.05) is 31.2 Å². The van der Waals surface area contributed by atoms with Crippen LogP contribution in [-0.4, -0.2) is 28.9 Å². The highest BCUT2D eigenvalue weighted by atomic mass is 32.1. The predicted octanol–water partition coefficient (Wildman–Crippen LogP) is 4.77. The smallest absolute Gasteiger partial charge is 0.271 e. The Kier molecular flexibility index (Phi) is 8.88. The Bertz CT molecular complexity index is 850. The first-order valence-corrected chi connectivity index (χ1v) is 12.2. The minimum atomic E-state index is -0.185. The maximum absolute atomic E-state index is 12.8. The van der Waals surface area contributed by atoms with Gasteiger partial charge in [0.1, 0.15) is 23.1 Å². The topological polar surface area (TPSA) is 80.3 Å². The quantitative estimate of drug-likeness (QED) is 0.519. The predicted molar refractivity (Wildman–Crippen MR) is 123 cm³/mol. The van der Waals surface area contributed by atoms with Gasteiger partial charge in [0, 0.05) is 23.9 Å². The Morgan fingerprint density at radius 3 is 2.52 bits per heavy atom.